The Labute approximate surface area is 270 Å². The van der Waals surface area contributed by atoms with Crippen molar-refractivity contribution in [1.29, 1.82) is 0 Å². The first-order chi connectivity index (χ1) is 21.4. The van der Waals surface area contributed by atoms with E-state index in [0.717, 1.165) is 32.1 Å². The minimum Gasteiger partial charge on any atom is -0.481 e. The number of hydrogen-bond donors (Lipinski definition) is 9. The van der Waals surface area contributed by atoms with E-state index in [-0.39, 0.29) is 13.2 Å². The van der Waals surface area contributed by atoms with Crippen molar-refractivity contribution in [1.82, 2.24) is 0 Å². The predicted molar refractivity (Wildman–Crippen MR) is 172 cm³/mol. The minimum atomic E-state index is -1.16. The molecule has 9 N–H and O–H groups in total. The van der Waals surface area contributed by atoms with Gasteiger partial charge in [0.25, 0.3) is 0 Å². The van der Waals surface area contributed by atoms with E-state index >= 15 is 0 Å². The van der Waals surface area contributed by atoms with E-state index < -0.39 is 68.4 Å². The standard InChI is InChI=1S/C10H22O7.C10H20O2.C8H16O2.C4H8O2/c11-1-9(2-12,3-13)7-17-8-10(4-14,5-15)6-16;1-2-3-4-5-6-7-8-9-10(11)12;1-2-3-4-5-6-7-8(9)10;1-2-3-4(5)6/h11-16H,1-8H2;2-9H2,1H3,(H,11,12);2-7H2,1H3,(H,9,10);2-3H2,1H3,(H,5,6). The Morgan fingerprint density at radius 3 is 0.889 bits per heavy atom. The van der Waals surface area contributed by atoms with Crippen molar-refractivity contribution in [2.24, 2.45) is 10.8 Å². The highest BCUT2D eigenvalue weighted by Crippen LogP contribution is 2.19. The predicted octanol–water partition coefficient (Wildman–Crippen LogP) is 3.44. The zero-order valence-corrected chi connectivity index (χ0v) is 28.1. The second-order valence-electron chi connectivity index (χ2n) is 11.4. The summed E-state index contributed by atoms with van der Waals surface area (Å²) in [5, 5.41) is 78.7. The number of aliphatic hydroxyl groups excluding tert-OH is 6. The summed E-state index contributed by atoms with van der Waals surface area (Å²) in [6.07, 6.45) is 15.6. The summed E-state index contributed by atoms with van der Waals surface area (Å²) >= 11 is 0. The van der Waals surface area contributed by atoms with E-state index in [0.29, 0.717) is 19.3 Å². The highest BCUT2D eigenvalue weighted by atomic mass is 16.5. The molecule has 13 nitrogen and oxygen atoms in total. The molecule has 0 aliphatic heterocycles. The number of hydrogen-bond acceptors (Lipinski definition) is 10. The molecule has 0 saturated heterocycles. The lowest BCUT2D eigenvalue weighted by molar-refractivity contribution is -0.138. The van der Waals surface area contributed by atoms with E-state index in [1.54, 1.807) is 0 Å². The molecule has 0 rings (SSSR count). The van der Waals surface area contributed by atoms with Crippen LogP contribution in [0.2, 0.25) is 0 Å². The van der Waals surface area contributed by atoms with Gasteiger partial charge in [-0.1, -0.05) is 85.0 Å². The van der Waals surface area contributed by atoms with Crippen molar-refractivity contribution in [3.8, 4) is 0 Å². The number of carboxylic acid groups (broad SMARTS) is 3. The maximum Gasteiger partial charge on any atom is 0.303 e. The molecule has 0 aromatic carbocycles. The Balaban J connectivity index is -0.000000264. The van der Waals surface area contributed by atoms with Gasteiger partial charge < -0.3 is 50.7 Å². The third-order valence-electron chi connectivity index (χ3n) is 6.78. The van der Waals surface area contributed by atoms with E-state index in [4.69, 9.17) is 50.7 Å². The molecule has 0 spiro atoms. The van der Waals surface area contributed by atoms with Gasteiger partial charge in [0.05, 0.1) is 63.7 Å². The van der Waals surface area contributed by atoms with Crippen LogP contribution in [-0.2, 0) is 19.1 Å². The summed E-state index contributed by atoms with van der Waals surface area (Å²) in [7, 11) is 0. The first-order valence-electron chi connectivity index (χ1n) is 16.3. The molecule has 272 valence electrons. The summed E-state index contributed by atoms with van der Waals surface area (Å²) in [4.78, 5) is 29.8. The largest absolute Gasteiger partial charge is 0.481 e. The fourth-order valence-electron chi connectivity index (χ4n) is 3.38. The van der Waals surface area contributed by atoms with Crippen LogP contribution in [0.1, 0.15) is 124 Å². The molecule has 0 amide bonds. The summed E-state index contributed by atoms with van der Waals surface area (Å²) in [5.41, 5.74) is -2.32. The fourth-order valence-corrected chi connectivity index (χ4v) is 3.38. The summed E-state index contributed by atoms with van der Waals surface area (Å²) < 4.78 is 5.15. The molecule has 0 radical (unpaired) electrons. The molecule has 0 unspecified atom stereocenters. The quantitative estimate of drug-likeness (QED) is 0.0606. The molecule has 0 fully saturated rings. The lowest BCUT2D eigenvalue weighted by Crippen LogP contribution is -2.43. The van der Waals surface area contributed by atoms with Gasteiger partial charge in [-0.3, -0.25) is 14.4 Å². The van der Waals surface area contributed by atoms with Crippen molar-refractivity contribution in [2.75, 3.05) is 52.9 Å². The summed E-state index contributed by atoms with van der Waals surface area (Å²) in [5.74, 6) is -2.04. The van der Waals surface area contributed by atoms with Crippen LogP contribution in [-0.4, -0.2) is 117 Å². The Kier molecular flexibility index (Phi) is 40.7. The molecule has 0 aliphatic carbocycles. The molecule has 0 bridgehead atoms. The Hall–Kier alpha value is -1.87. The lowest BCUT2D eigenvalue weighted by atomic mass is 9.91. The van der Waals surface area contributed by atoms with Gasteiger partial charge in [-0.15, -0.1) is 0 Å². The number of rotatable bonds is 26. The van der Waals surface area contributed by atoms with E-state index in [1.165, 1.54) is 51.4 Å². The number of aliphatic carboxylic acids is 3. The number of aliphatic hydroxyl groups is 6. The number of unbranched alkanes of at least 4 members (excludes halogenated alkanes) is 10. The summed E-state index contributed by atoms with van der Waals surface area (Å²) in [6.45, 7) is 3.19. The van der Waals surface area contributed by atoms with Crippen LogP contribution in [0.4, 0.5) is 0 Å². The second-order valence-corrected chi connectivity index (χ2v) is 11.4. The van der Waals surface area contributed by atoms with Crippen LogP contribution in [0.15, 0.2) is 0 Å². The topological polar surface area (TPSA) is 243 Å². The van der Waals surface area contributed by atoms with Gasteiger partial charge in [-0.25, -0.2) is 0 Å². The number of carbonyl (C=O) groups is 3. The second kappa shape index (κ2) is 36.6. The van der Waals surface area contributed by atoms with Gasteiger partial charge in [0.1, 0.15) is 0 Å². The number of ether oxygens (including phenoxy) is 1. The highest BCUT2D eigenvalue weighted by molar-refractivity contribution is 5.67. The summed E-state index contributed by atoms with van der Waals surface area (Å²) in [6, 6.07) is 0. The van der Waals surface area contributed by atoms with Crippen LogP contribution >= 0.6 is 0 Å². The van der Waals surface area contributed by atoms with Gasteiger partial charge in [0, 0.05) is 19.3 Å². The zero-order chi connectivity index (χ0) is 35.4. The van der Waals surface area contributed by atoms with E-state index in [9.17, 15) is 14.4 Å². The Bertz CT molecular complexity index is 614. The monoisotopic (exact) mass is 658 g/mol. The maximum atomic E-state index is 10.1. The van der Waals surface area contributed by atoms with Gasteiger partial charge >= 0.3 is 17.9 Å². The number of carboxylic acids is 3. The third kappa shape index (κ3) is 36.5. The molecular weight excluding hydrogens is 592 g/mol. The van der Waals surface area contributed by atoms with Crippen molar-refractivity contribution >= 4 is 17.9 Å². The van der Waals surface area contributed by atoms with Crippen LogP contribution in [0, 0.1) is 10.8 Å². The fraction of sp³-hybridized carbons (Fsp3) is 0.906. The van der Waals surface area contributed by atoms with E-state index in [1.807, 2.05) is 6.92 Å². The first kappa shape index (κ1) is 50.0. The molecule has 0 aromatic heterocycles. The average molecular weight is 659 g/mol. The normalized spacial score (nSPS) is 10.9. The third-order valence-corrected chi connectivity index (χ3v) is 6.78. The van der Waals surface area contributed by atoms with Crippen LogP contribution < -0.4 is 0 Å². The molecule has 45 heavy (non-hydrogen) atoms. The first-order valence-corrected chi connectivity index (χ1v) is 16.3. The van der Waals surface area contributed by atoms with Crippen LogP contribution in [0.3, 0.4) is 0 Å². The van der Waals surface area contributed by atoms with E-state index in [2.05, 4.69) is 13.8 Å². The van der Waals surface area contributed by atoms with Gasteiger partial charge in [0.15, 0.2) is 0 Å². The molecule has 0 aliphatic rings. The molecule has 0 heterocycles. The molecule has 13 heteroatoms. The van der Waals surface area contributed by atoms with Crippen molar-refractivity contribution < 1.29 is 65.1 Å². The molecule has 0 atom stereocenters. The van der Waals surface area contributed by atoms with Crippen LogP contribution in [0.25, 0.3) is 0 Å². The minimum absolute atomic E-state index is 0.141. The lowest BCUT2D eigenvalue weighted by Gasteiger charge is -2.31. The van der Waals surface area contributed by atoms with Crippen LogP contribution in [0.5, 0.6) is 0 Å². The average Bonchev–Trinajstić information content (AvgIpc) is 3.02. The van der Waals surface area contributed by atoms with Crippen molar-refractivity contribution in [3.05, 3.63) is 0 Å². The smallest absolute Gasteiger partial charge is 0.303 e. The zero-order valence-electron chi connectivity index (χ0n) is 28.1. The van der Waals surface area contributed by atoms with Gasteiger partial charge in [-0.2, -0.15) is 0 Å². The Morgan fingerprint density at radius 2 is 0.689 bits per heavy atom. The SMILES string of the molecule is CCCC(=O)O.CCCCCCCC(=O)O.CCCCCCCCCC(=O)O.OCC(CO)(CO)COCC(CO)(CO)CO. The Morgan fingerprint density at radius 1 is 0.422 bits per heavy atom. The van der Waals surface area contributed by atoms with Gasteiger partial charge in [0.2, 0.25) is 0 Å². The van der Waals surface area contributed by atoms with Crippen molar-refractivity contribution in [3.63, 3.8) is 0 Å². The molecule has 0 saturated carbocycles. The molecular formula is C32H66O13. The van der Waals surface area contributed by atoms with Gasteiger partial charge in [-0.05, 0) is 19.3 Å². The molecule has 0 aromatic rings. The van der Waals surface area contributed by atoms with Crippen molar-refractivity contribution in [2.45, 2.75) is 124 Å². The maximum absolute atomic E-state index is 10.1. The highest BCUT2D eigenvalue weighted by Gasteiger charge is 2.32.